The van der Waals surface area contributed by atoms with Crippen molar-refractivity contribution in [2.45, 2.75) is 13.0 Å². The monoisotopic (exact) mass is 285 g/mol. The Kier molecular flexibility index (Phi) is 6.40. The maximum atomic E-state index is 12.1. The summed E-state index contributed by atoms with van der Waals surface area (Å²) in [5.41, 5.74) is 0. The fraction of sp³-hybridized carbons (Fsp3) is 0.750. The Morgan fingerprint density at radius 1 is 1.30 bits per heavy atom. The molecule has 1 unspecified atom stereocenters. The second-order valence-corrected chi connectivity index (χ2v) is 4.79. The van der Waals surface area contributed by atoms with Crippen LogP contribution in [0.25, 0.3) is 0 Å². The molecule has 8 heteroatoms. The highest BCUT2D eigenvalue weighted by atomic mass is 16.2. The molecule has 8 nitrogen and oxygen atoms in total. The molecule has 0 aromatic rings. The van der Waals surface area contributed by atoms with Crippen LogP contribution in [-0.2, 0) is 9.59 Å². The minimum Gasteiger partial charge on any atom is -0.341 e. The molecule has 0 bridgehead atoms. The van der Waals surface area contributed by atoms with E-state index in [9.17, 15) is 14.4 Å². The summed E-state index contributed by atoms with van der Waals surface area (Å²) in [5, 5.41) is 7.68. The van der Waals surface area contributed by atoms with Gasteiger partial charge in [-0.25, -0.2) is 4.79 Å². The quantitative estimate of drug-likeness (QED) is 0.566. The van der Waals surface area contributed by atoms with Crippen LogP contribution < -0.4 is 16.0 Å². The van der Waals surface area contributed by atoms with Gasteiger partial charge in [0.15, 0.2) is 0 Å². The molecule has 0 aromatic carbocycles. The predicted molar refractivity (Wildman–Crippen MR) is 74.1 cm³/mol. The summed E-state index contributed by atoms with van der Waals surface area (Å²) in [5.74, 6) is -0.437. The topological polar surface area (TPSA) is 93.8 Å². The lowest BCUT2D eigenvalue weighted by Gasteiger charge is -2.30. The smallest absolute Gasteiger partial charge is 0.321 e. The SMILES string of the molecule is CNC(=O)NC(=O)C(C)N(C)CC(=O)N1CCNCC1. The molecule has 1 saturated heterocycles. The molecule has 1 atom stereocenters. The zero-order valence-corrected chi connectivity index (χ0v) is 12.2. The van der Waals surface area contributed by atoms with Crippen molar-refractivity contribution >= 4 is 17.8 Å². The first kappa shape index (κ1) is 16.4. The van der Waals surface area contributed by atoms with Gasteiger partial charge in [0, 0.05) is 33.2 Å². The second kappa shape index (κ2) is 7.81. The number of amides is 4. The number of nitrogens with zero attached hydrogens (tertiary/aromatic N) is 2. The molecule has 0 aromatic heterocycles. The summed E-state index contributed by atoms with van der Waals surface area (Å²) in [6, 6.07) is -1.11. The van der Waals surface area contributed by atoms with E-state index in [0.29, 0.717) is 13.1 Å². The van der Waals surface area contributed by atoms with Gasteiger partial charge in [-0.1, -0.05) is 0 Å². The average molecular weight is 285 g/mol. The van der Waals surface area contributed by atoms with E-state index in [-0.39, 0.29) is 12.5 Å². The van der Waals surface area contributed by atoms with Crippen LogP contribution in [-0.4, -0.2) is 80.5 Å². The van der Waals surface area contributed by atoms with Gasteiger partial charge in [-0.3, -0.25) is 19.8 Å². The zero-order chi connectivity index (χ0) is 15.1. The van der Waals surface area contributed by atoms with Crippen molar-refractivity contribution in [1.82, 2.24) is 25.8 Å². The van der Waals surface area contributed by atoms with Gasteiger partial charge < -0.3 is 15.5 Å². The molecule has 0 radical (unpaired) electrons. The van der Waals surface area contributed by atoms with Gasteiger partial charge in [0.05, 0.1) is 12.6 Å². The first-order valence-corrected chi connectivity index (χ1v) is 6.67. The van der Waals surface area contributed by atoms with Crippen molar-refractivity contribution in [3.8, 4) is 0 Å². The van der Waals surface area contributed by atoms with E-state index >= 15 is 0 Å². The Bertz CT molecular complexity index is 368. The molecular weight excluding hydrogens is 262 g/mol. The van der Waals surface area contributed by atoms with E-state index in [2.05, 4.69) is 16.0 Å². The molecule has 0 aliphatic carbocycles. The van der Waals surface area contributed by atoms with Gasteiger partial charge in [0.2, 0.25) is 11.8 Å². The number of imide groups is 1. The number of urea groups is 1. The van der Waals surface area contributed by atoms with Gasteiger partial charge >= 0.3 is 6.03 Å². The van der Waals surface area contributed by atoms with Crippen molar-refractivity contribution < 1.29 is 14.4 Å². The molecule has 0 saturated carbocycles. The largest absolute Gasteiger partial charge is 0.341 e. The Labute approximate surface area is 118 Å². The summed E-state index contributed by atoms with van der Waals surface area (Å²) in [4.78, 5) is 38.3. The first-order chi connectivity index (χ1) is 9.45. The minimum absolute atomic E-state index is 0.00593. The van der Waals surface area contributed by atoms with Crippen LogP contribution in [0.5, 0.6) is 0 Å². The maximum Gasteiger partial charge on any atom is 0.321 e. The van der Waals surface area contributed by atoms with Crippen molar-refractivity contribution in [2.75, 3.05) is 46.8 Å². The van der Waals surface area contributed by atoms with Gasteiger partial charge in [-0.2, -0.15) is 0 Å². The average Bonchev–Trinajstić information content (AvgIpc) is 2.46. The van der Waals surface area contributed by atoms with Gasteiger partial charge in [0.1, 0.15) is 0 Å². The van der Waals surface area contributed by atoms with Gasteiger partial charge in [-0.05, 0) is 14.0 Å². The summed E-state index contributed by atoms with van der Waals surface area (Å²) < 4.78 is 0. The van der Waals surface area contributed by atoms with Gasteiger partial charge in [-0.15, -0.1) is 0 Å². The second-order valence-electron chi connectivity index (χ2n) is 4.79. The molecular formula is C12H23N5O3. The number of carbonyl (C=O) groups is 3. The lowest BCUT2D eigenvalue weighted by molar-refractivity contribution is -0.134. The molecule has 3 N–H and O–H groups in total. The fourth-order valence-electron chi connectivity index (χ4n) is 1.84. The van der Waals surface area contributed by atoms with E-state index in [1.165, 1.54) is 7.05 Å². The number of rotatable bonds is 4. The summed E-state index contributed by atoms with van der Waals surface area (Å²) in [7, 11) is 3.12. The number of carbonyl (C=O) groups excluding carboxylic acids is 3. The molecule has 1 heterocycles. The summed E-state index contributed by atoms with van der Waals surface area (Å²) >= 11 is 0. The van der Waals surface area contributed by atoms with E-state index in [1.54, 1.807) is 23.8 Å². The molecule has 114 valence electrons. The van der Waals surface area contributed by atoms with Crippen LogP contribution in [0.15, 0.2) is 0 Å². The molecule has 0 spiro atoms. The molecule has 4 amide bonds. The molecule has 1 aliphatic heterocycles. The third kappa shape index (κ3) is 4.78. The molecule has 1 aliphatic rings. The van der Waals surface area contributed by atoms with Crippen molar-refractivity contribution in [2.24, 2.45) is 0 Å². The number of hydrogen-bond acceptors (Lipinski definition) is 5. The van der Waals surface area contributed by atoms with E-state index < -0.39 is 18.0 Å². The van der Waals surface area contributed by atoms with E-state index in [4.69, 9.17) is 0 Å². The van der Waals surface area contributed by atoms with Crippen LogP contribution >= 0.6 is 0 Å². The summed E-state index contributed by atoms with van der Waals surface area (Å²) in [6.45, 7) is 4.77. The van der Waals surface area contributed by atoms with Crippen LogP contribution in [0, 0.1) is 0 Å². The highest BCUT2D eigenvalue weighted by molar-refractivity contribution is 5.96. The fourth-order valence-corrected chi connectivity index (χ4v) is 1.84. The molecule has 20 heavy (non-hydrogen) atoms. The zero-order valence-electron chi connectivity index (χ0n) is 12.2. The Hall–Kier alpha value is -1.67. The Morgan fingerprint density at radius 3 is 2.45 bits per heavy atom. The first-order valence-electron chi connectivity index (χ1n) is 6.67. The van der Waals surface area contributed by atoms with Crippen molar-refractivity contribution in [1.29, 1.82) is 0 Å². The minimum atomic E-state index is -0.556. The van der Waals surface area contributed by atoms with Gasteiger partial charge in [0.25, 0.3) is 0 Å². The lowest BCUT2D eigenvalue weighted by Crippen LogP contribution is -2.53. The Balaban J connectivity index is 2.43. The van der Waals surface area contributed by atoms with Crippen LogP contribution in [0.4, 0.5) is 4.79 Å². The number of piperazine rings is 1. The van der Waals surface area contributed by atoms with E-state index in [0.717, 1.165) is 13.1 Å². The van der Waals surface area contributed by atoms with Crippen LogP contribution in [0.2, 0.25) is 0 Å². The highest BCUT2D eigenvalue weighted by Gasteiger charge is 2.24. The number of nitrogens with one attached hydrogen (secondary N) is 3. The third-order valence-corrected chi connectivity index (χ3v) is 3.36. The van der Waals surface area contributed by atoms with E-state index in [1.807, 2.05) is 0 Å². The van der Waals surface area contributed by atoms with Crippen molar-refractivity contribution in [3.63, 3.8) is 0 Å². The lowest BCUT2D eigenvalue weighted by atomic mass is 10.2. The third-order valence-electron chi connectivity index (χ3n) is 3.36. The van der Waals surface area contributed by atoms with Crippen LogP contribution in [0.1, 0.15) is 6.92 Å². The number of hydrogen-bond donors (Lipinski definition) is 3. The Morgan fingerprint density at radius 2 is 1.90 bits per heavy atom. The normalized spacial score (nSPS) is 16.7. The number of likely N-dealkylation sites (N-methyl/N-ethyl adjacent to an activating group) is 1. The van der Waals surface area contributed by atoms with Crippen molar-refractivity contribution in [3.05, 3.63) is 0 Å². The predicted octanol–water partition coefficient (Wildman–Crippen LogP) is -1.81. The van der Waals surface area contributed by atoms with Crippen LogP contribution in [0.3, 0.4) is 0 Å². The molecule has 1 rings (SSSR count). The highest BCUT2D eigenvalue weighted by Crippen LogP contribution is 2.00. The molecule has 1 fully saturated rings. The maximum absolute atomic E-state index is 12.1. The summed E-state index contributed by atoms with van der Waals surface area (Å²) in [6.07, 6.45) is 0. The standard InChI is InChI=1S/C12H23N5O3/c1-9(11(19)15-12(20)13-2)16(3)8-10(18)17-6-4-14-5-7-17/h9,14H,4-8H2,1-3H3,(H2,13,15,19,20).